The summed E-state index contributed by atoms with van der Waals surface area (Å²) in [5, 5.41) is 0.797. The number of benzene rings is 1. The molecule has 0 amide bonds. The van der Waals surface area contributed by atoms with Crippen LogP contribution in [0, 0.1) is 17.8 Å². The Bertz CT molecular complexity index is 626. The molecule has 0 aromatic heterocycles. The standard InChI is InChI=1S/C17H20Cl2O3S/c1-21-16-14(19)5-13(18)6-15(16)23(20)22-17-7-10-2-11(8-17)4-12(3-10)9-17/h5-6,10-12H,2-4,7-9H2,1H3. The van der Waals surface area contributed by atoms with E-state index in [-0.39, 0.29) is 5.60 Å². The molecule has 126 valence electrons. The molecule has 5 rings (SSSR count). The average Bonchev–Trinajstić information content (AvgIpc) is 2.44. The van der Waals surface area contributed by atoms with Crippen molar-refractivity contribution in [2.24, 2.45) is 17.8 Å². The fourth-order valence-corrected chi connectivity index (χ4v) is 7.07. The minimum Gasteiger partial charge on any atom is -0.494 e. The van der Waals surface area contributed by atoms with Crippen LogP contribution in [0.3, 0.4) is 0 Å². The van der Waals surface area contributed by atoms with Crippen molar-refractivity contribution in [2.75, 3.05) is 7.11 Å². The Morgan fingerprint density at radius 1 is 1.09 bits per heavy atom. The second kappa shape index (κ2) is 5.91. The third-order valence-corrected chi connectivity index (χ3v) is 7.26. The van der Waals surface area contributed by atoms with Crippen LogP contribution in [-0.2, 0) is 15.3 Å². The van der Waals surface area contributed by atoms with Gasteiger partial charge in [-0.1, -0.05) is 23.2 Å². The maximum Gasteiger partial charge on any atom is 0.193 e. The SMILES string of the molecule is COc1c(Cl)cc(Cl)cc1S(=O)OC12CC3CC(CC(C3)C1)C2. The molecule has 4 aliphatic rings. The number of hydrogen-bond acceptors (Lipinski definition) is 3. The summed E-state index contributed by atoms with van der Waals surface area (Å²) in [5.41, 5.74) is -0.237. The first-order chi connectivity index (χ1) is 11.0. The predicted octanol–water partition coefficient (Wildman–Crippen LogP) is 5.01. The molecule has 4 aliphatic carbocycles. The molecule has 0 spiro atoms. The highest BCUT2D eigenvalue weighted by Gasteiger charge is 2.53. The van der Waals surface area contributed by atoms with Crippen LogP contribution in [0.5, 0.6) is 5.75 Å². The minimum atomic E-state index is -1.62. The van der Waals surface area contributed by atoms with Crippen LogP contribution in [0.15, 0.2) is 17.0 Å². The molecule has 0 heterocycles. The Balaban J connectivity index is 1.61. The summed E-state index contributed by atoms with van der Waals surface area (Å²) >= 11 is 10.6. The monoisotopic (exact) mass is 374 g/mol. The van der Waals surface area contributed by atoms with Crippen LogP contribution in [0.4, 0.5) is 0 Å². The predicted molar refractivity (Wildman–Crippen MR) is 91.4 cm³/mol. The highest BCUT2D eigenvalue weighted by molar-refractivity contribution is 7.80. The van der Waals surface area contributed by atoms with Crippen molar-refractivity contribution in [1.29, 1.82) is 0 Å². The lowest BCUT2D eigenvalue weighted by molar-refractivity contribution is -0.101. The van der Waals surface area contributed by atoms with E-state index in [1.165, 1.54) is 26.4 Å². The van der Waals surface area contributed by atoms with Crippen LogP contribution in [0.2, 0.25) is 10.0 Å². The smallest absolute Gasteiger partial charge is 0.193 e. The number of ether oxygens (including phenoxy) is 1. The molecule has 1 aromatic rings. The van der Waals surface area contributed by atoms with E-state index >= 15 is 0 Å². The first-order valence-electron chi connectivity index (χ1n) is 8.12. The van der Waals surface area contributed by atoms with Crippen molar-refractivity contribution in [3.8, 4) is 5.75 Å². The minimum absolute atomic E-state index is 0.237. The molecule has 6 heteroatoms. The van der Waals surface area contributed by atoms with Crippen LogP contribution < -0.4 is 4.74 Å². The van der Waals surface area contributed by atoms with Gasteiger partial charge in [-0.2, -0.15) is 0 Å². The molecule has 23 heavy (non-hydrogen) atoms. The molecule has 0 aliphatic heterocycles. The quantitative estimate of drug-likeness (QED) is 0.742. The Morgan fingerprint density at radius 3 is 2.17 bits per heavy atom. The zero-order valence-corrected chi connectivity index (χ0v) is 15.3. The van der Waals surface area contributed by atoms with E-state index in [2.05, 4.69) is 0 Å². The first kappa shape index (κ1) is 16.2. The van der Waals surface area contributed by atoms with E-state index in [9.17, 15) is 4.21 Å². The molecule has 0 saturated heterocycles. The number of rotatable bonds is 4. The molecule has 4 saturated carbocycles. The summed E-state index contributed by atoms with van der Waals surface area (Å²) in [6, 6.07) is 3.22. The van der Waals surface area contributed by atoms with Crippen LogP contribution in [0.25, 0.3) is 0 Å². The lowest BCUT2D eigenvalue weighted by Crippen LogP contribution is -2.52. The van der Waals surface area contributed by atoms with Crippen molar-refractivity contribution in [3.63, 3.8) is 0 Å². The summed E-state index contributed by atoms with van der Waals surface area (Å²) in [6.45, 7) is 0. The van der Waals surface area contributed by atoms with Gasteiger partial charge in [0, 0.05) is 5.02 Å². The zero-order valence-electron chi connectivity index (χ0n) is 13.0. The second-order valence-corrected chi connectivity index (χ2v) is 9.26. The van der Waals surface area contributed by atoms with Gasteiger partial charge in [0.05, 0.1) is 17.7 Å². The number of hydrogen-bond donors (Lipinski definition) is 0. The Morgan fingerprint density at radius 2 is 1.65 bits per heavy atom. The third kappa shape index (κ3) is 2.92. The van der Waals surface area contributed by atoms with Gasteiger partial charge in [-0.05, 0) is 68.4 Å². The van der Waals surface area contributed by atoms with E-state index in [0.29, 0.717) is 20.7 Å². The summed E-state index contributed by atoms with van der Waals surface area (Å²) in [4.78, 5) is 0.431. The summed E-state index contributed by atoms with van der Waals surface area (Å²) in [6.07, 6.45) is 7.05. The summed E-state index contributed by atoms with van der Waals surface area (Å²) in [7, 11) is 1.51. The fraction of sp³-hybridized carbons (Fsp3) is 0.647. The van der Waals surface area contributed by atoms with Crippen LogP contribution in [0.1, 0.15) is 38.5 Å². The van der Waals surface area contributed by atoms with E-state index in [0.717, 1.165) is 37.0 Å². The molecule has 4 fully saturated rings. The highest BCUT2D eigenvalue weighted by Crippen LogP contribution is 2.57. The van der Waals surface area contributed by atoms with Crippen molar-refractivity contribution in [3.05, 3.63) is 22.2 Å². The second-order valence-electron chi connectivity index (χ2n) is 7.34. The first-order valence-corrected chi connectivity index (χ1v) is 9.95. The van der Waals surface area contributed by atoms with Gasteiger partial charge in [0.2, 0.25) is 0 Å². The molecule has 3 nitrogen and oxygen atoms in total. The van der Waals surface area contributed by atoms with Gasteiger partial charge < -0.3 is 4.74 Å². The van der Waals surface area contributed by atoms with Crippen molar-refractivity contribution in [1.82, 2.24) is 0 Å². The molecule has 1 aromatic carbocycles. The lowest BCUT2D eigenvalue weighted by atomic mass is 9.54. The van der Waals surface area contributed by atoms with Gasteiger partial charge in [-0.25, -0.2) is 4.21 Å². The zero-order chi connectivity index (χ0) is 16.2. The topological polar surface area (TPSA) is 35.5 Å². The van der Waals surface area contributed by atoms with Gasteiger partial charge in [0.1, 0.15) is 4.90 Å². The van der Waals surface area contributed by atoms with E-state index in [1.54, 1.807) is 12.1 Å². The molecule has 1 atom stereocenters. The van der Waals surface area contributed by atoms with Crippen molar-refractivity contribution in [2.45, 2.75) is 49.0 Å². The van der Waals surface area contributed by atoms with Crippen LogP contribution >= 0.6 is 23.2 Å². The van der Waals surface area contributed by atoms with Crippen LogP contribution in [-0.4, -0.2) is 16.9 Å². The van der Waals surface area contributed by atoms with Gasteiger partial charge in [0.15, 0.2) is 16.8 Å². The summed E-state index contributed by atoms with van der Waals surface area (Å²) in [5.74, 6) is 2.61. The Hall–Kier alpha value is -0.290. The molecular weight excluding hydrogens is 355 g/mol. The van der Waals surface area contributed by atoms with E-state index in [1.807, 2.05) is 0 Å². The third-order valence-electron chi connectivity index (χ3n) is 5.59. The number of methoxy groups -OCH3 is 1. The molecule has 0 N–H and O–H groups in total. The maximum atomic E-state index is 12.9. The van der Waals surface area contributed by atoms with Gasteiger partial charge >= 0.3 is 0 Å². The fourth-order valence-electron chi connectivity index (χ4n) is 5.20. The molecule has 0 radical (unpaired) electrons. The Kier molecular flexibility index (Phi) is 4.16. The average molecular weight is 375 g/mol. The molecule has 4 bridgehead atoms. The normalized spacial score (nSPS) is 36.2. The van der Waals surface area contributed by atoms with E-state index in [4.69, 9.17) is 32.1 Å². The molecule has 1 unspecified atom stereocenters. The van der Waals surface area contributed by atoms with Crippen molar-refractivity contribution < 1.29 is 13.1 Å². The molecular formula is C17H20Cl2O3S. The van der Waals surface area contributed by atoms with Gasteiger partial charge in [-0.3, -0.25) is 4.18 Å². The summed E-state index contributed by atoms with van der Waals surface area (Å²) < 4.78 is 24.4. The van der Waals surface area contributed by atoms with Crippen molar-refractivity contribution >= 4 is 34.3 Å². The lowest BCUT2D eigenvalue weighted by Gasteiger charge is -2.55. The Labute approximate surface area is 149 Å². The van der Waals surface area contributed by atoms with E-state index < -0.39 is 11.1 Å². The largest absolute Gasteiger partial charge is 0.494 e. The highest BCUT2D eigenvalue weighted by atomic mass is 35.5. The number of halogens is 2. The van der Waals surface area contributed by atoms with Gasteiger partial charge in [0.25, 0.3) is 0 Å². The van der Waals surface area contributed by atoms with Gasteiger partial charge in [-0.15, -0.1) is 0 Å². The maximum absolute atomic E-state index is 12.9.